The van der Waals surface area contributed by atoms with Crippen LogP contribution in [0.25, 0.3) is 43.8 Å². The van der Waals surface area contributed by atoms with Crippen molar-refractivity contribution in [2.75, 3.05) is 0 Å². The molecule has 0 fully saturated rings. The second-order valence-corrected chi connectivity index (χ2v) is 13.0. The van der Waals surface area contributed by atoms with Crippen LogP contribution in [-0.2, 0) is 12.8 Å². The first kappa shape index (κ1) is 29.1. The second-order valence-electron chi connectivity index (χ2n) is 11.1. The van der Waals surface area contributed by atoms with Gasteiger partial charge in [-0.25, -0.2) is 0 Å². The van der Waals surface area contributed by atoms with Crippen molar-refractivity contribution in [3.63, 3.8) is 0 Å². The summed E-state index contributed by atoms with van der Waals surface area (Å²) in [6.45, 7) is 4.59. The fourth-order valence-corrected chi connectivity index (χ4v) is 6.52. The van der Waals surface area contributed by atoms with Crippen molar-refractivity contribution in [1.29, 1.82) is 0 Å². The zero-order valence-corrected chi connectivity index (χ0v) is 27.1. The Morgan fingerprint density at radius 3 is 1.20 bits per heavy atom. The minimum Gasteiger partial charge on any atom is -0.0654 e. The van der Waals surface area contributed by atoms with E-state index in [0.717, 1.165) is 21.8 Å². The summed E-state index contributed by atoms with van der Waals surface area (Å²) in [5.74, 6) is 0. The summed E-state index contributed by atoms with van der Waals surface area (Å²) < 4.78 is 2.22. The lowest BCUT2D eigenvalue weighted by atomic mass is 9.87. The van der Waals surface area contributed by atoms with Gasteiger partial charge in [0.25, 0.3) is 0 Å². The number of hydrogen-bond acceptors (Lipinski definition) is 0. The number of fused-ring (bicyclic) bond motifs is 2. The fourth-order valence-electron chi connectivity index (χ4n) is 5.99. The van der Waals surface area contributed by atoms with Crippen molar-refractivity contribution in [2.45, 2.75) is 78.1 Å². The number of rotatable bonds is 12. The van der Waals surface area contributed by atoms with Gasteiger partial charge in [-0.3, -0.25) is 0 Å². The number of hydrogen-bond donors (Lipinski definition) is 0. The van der Waals surface area contributed by atoms with Gasteiger partial charge in [-0.15, -0.1) is 0 Å². The predicted molar refractivity (Wildman–Crippen MR) is 183 cm³/mol. The number of unbranched alkanes of at least 4 members (excludes halogenated alkanes) is 6. The third-order valence-electron chi connectivity index (χ3n) is 8.24. The second kappa shape index (κ2) is 14.0. The van der Waals surface area contributed by atoms with Gasteiger partial charge in [-0.05, 0) is 117 Å². The van der Waals surface area contributed by atoms with Crippen LogP contribution in [0.15, 0.2) is 93.9 Å². The Morgan fingerprint density at radius 2 is 0.825 bits per heavy atom. The lowest BCUT2D eigenvalue weighted by Gasteiger charge is -2.17. The summed E-state index contributed by atoms with van der Waals surface area (Å²) in [6, 6.07) is 32.1. The van der Waals surface area contributed by atoms with E-state index in [1.54, 1.807) is 0 Å². The van der Waals surface area contributed by atoms with Crippen LogP contribution < -0.4 is 0 Å². The largest absolute Gasteiger partial charge is 0.0654 e. The maximum absolute atomic E-state index is 3.63. The maximum Gasteiger partial charge on any atom is 0.0175 e. The normalized spacial score (nSPS) is 11.5. The van der Waals surface area contributed by atoms with Crippen LogP contribution in [0.4, 0.5) is 0 Å². The molecule has 0 saturated heterocycles. The first-order valence-electron chi connectivity index (χ1n) is 15.1. The average molecular weight is 657 g/mol. The summed E-state index contributed by atoms with van der Waals surface area (Å²) in [5.41, 5.74) is 8.12. The van der Waals surface area contributed by atoms with Crippen LogP contribution in [0, 0.1) is 0 Å². The highest BCUT2D eigenvalue weighted by atomic mass is 79.9. The van der Waals surface area contributed by atoms with Crippen LogP contribution in [0.3, 0.4) is 0 Å². The van der Waals surface area contributed by atoms with Crippen LogP contribution in [0.1, 0.15) is 76.3 Å². The fraction of sp³-hybridized carbons (Fsp3) is 0.316. The predicted octanol–water partition coefficient (Wildman–Crippen LogP) is 13.1. The van der Waals surface area contributed by atoms with Gasteiger partial charge < -0.3 is 0 Å². The summed E-state index contributed by atoms with van der Waals surface area (Å²) in [4.78, 5) is 0. The number of aryl methyl sites for hydroxylation is 2. The van der Waals surface area contributed by atoms with Crippen LogP contribution >= 0.6 is 31.9 Å². The Balaban J connectivity index is 1.73. The van der Waals surface area contributed by atoms with Gasteiger partial charge in [0.2, 0.25) is 0 Å². The first-order valence-corrected chi connectivity index (χ1v) is 16.7. The molecule has 0 saturated carbocycles. The molecular formula is C38H40Br2. The molecule has 0 amide bonds. The van der Waals surface area contributed by atoms with E-state index in [4.69, 9.17) is 0 Å². The molecule has 5 rings (SSSR count). The maximum atomic E-state index is 3.63. The Labute approximate surface area is 257 Å². The van der Waals surface area contributed by atoms with E-state index < -0.39 is 0 Å². The van der Waals surface area contributed by atoms with E-state index >= 15 is 0 Å². The Kier molecular flexibility index (Phi) is 10.2. The van der Waals surface area contributed by atoms with Crippen molar-refractivity contribution >= 4 is 53.4 Å². The van der Waals surface area contributed by atoms with Crippen molar-refractivity contribution in [1.82, 2.24) is 0 Å². The van der Waals surface area contributed by atoms with E-state index in [1.807, 2.05) is 0 Å². The molecule has 5 aromatic carbocycles. The van der Waals surface area contributed by atoms with Crippen molar-refractivity contribution in [3.8, 4) is 22.3 Å². The molecule has 0 atom stereocenters. The van der Waals surface area contributed by atoms with E-state index in [0.29, 0.717) is 0 Å². The highest BCUT2D eigenvalue weighted by molar-refractivity contribution is 9.10. The minimum atomic E-state index is 1.11. The highest BCUT2D eigenvalue weighted by Crippen LogP contribution is 2.40. The van der Waals surface area contributed by atoms with Crippen molar-refractivity contribution in [3.05, 3.63) is 105 Å². The van der Waals surface area contributed by atoms with Crippen molar-refractivity contribution in [2.24, 2.45) is 0 Å². The zero-order chi connectivity index (χ0) is 27.9. The molecule has 0 aliphatic rings. The molecule has 0 N–H and O–H groups in total. The molecule has 0 aliphatic heterocycles. The van der Waals surface area contributed by atoms with E-state index in [1.165, 1.54) is 106 Å². The summed E-state index contributed by atoms with van der Waals surface area (Å²) in [5, 5.41) is 5.58. The summed E-state index contributed by atoms with van der Waals surface area (Å²) in [7, 11) is 0. The third-order valence-corrected chi connectivity index (χ3v) is 9.30. The van der Waals surface area contributed by atoms with E-state index in [9.17, 15) is 0 Å². The minimum absolute atomic E-state index is 1.11. The van der Waals surface area contributed by atoms with Gasteiger partial charge in [0, 0.05) is 8.95 Å². The van der Waals surface area contributed by atoms with Gasteiger partial charge in [-0.1, -0.05) is 133 Å². The van der Waals surface area contributed by atoms with Gasteiger partial charge in [0.1, 0.15) is 0 Å². The van der Waals surface area contributed by atoms with Crippen LogP contribution in [-0.4, -0.2) is 0 Å². The molecule has 0 nitrogen and oxygen atoms in total. The Bertz CT molecular complexity index is 1440. The molecule has 0 unspecified atom stereocenters. The summed E-state index contributed by atoms with van der Waals surface area (Å²) in [6.07, 6.45) is 12.6. The molecule has 0 bridgehead atoms. The molecule has 0 radical (unpaired) electrons. The molecule has 0 aromatic heterocycles. The molecule has 2 heteroatoms. The average Bonchev–Trinajstić information content (AvgIpc) is 2.98. The topological polar surface area (TPSA) is 0 Å². The Hall–Kier alpha value is -2.42. The van der Waals surface area contributed by atoms with Gasteiger partial charge in [0.05, 0.1) is 0 Å². The zero-order valence-electron chi connectivity index (χ0n) is 23.9. The number of halogens is 2. The first-order chi connectivity index (χ1) is 19.6. The molecule has 206 valence electrons. The van der Waals surface area contributed by atoms with Crippen LogP contribution in [0.5, 0.6) is 0 Å². The van der Waals surface area contributed by atoms with Crippen molar-refractivity contribution < 1.29 is 0 Å². The van der Waals surface area contributed by atoms with Gasteiger partial charge in [-0.2, -0.15) is 0 Å². The summed E-state index contributed by atoms with van der Waals surface area (Å²) >= 11 is 7.25. The molecular weight excluding hydrogens is 616 g/mol. The van der Waals surface area contributed by atoms with Gasteiger partial charge >= 0.3 is 0 Å². The third kappa shape index (κ3) is 6.72. The van der Waals surface area contributed by atoms with Gasteiger partial charge in [0.15, 0.2) is 0 Å². The number of benzene rings is 5. The van der Waals surface area contributed by atoms with E-state index in [-0.39, 0.29) is 0 Å². The quantitative estimate of drug-likeness (QED) is 0.0926. The van der Waals surface area contributed by atoms with E-state index in [2.05, 4.69) is 131 Å². The lowest BCUT2D eigenvalue weighted by molar-refractivity contribution is 0.666. The smallest absolute Gasteiger partial charge is 0.0175 e. The SMILES string of the molecule is CCCCCCc1ccc(CCCCCC)c2cc3c(-c4ccc(Br)cc4)ccc(-c4ccc(Br)cc4)c3cc12. The molecule has 0 aliphatic carbocycles. The highest BCUT2D eigenvalue weighted by Gasteiger charge is 2.15. The molecule has 0 heterocycles. The Morgan fingerprint density at radius 1 is 0.425 bits per heavy atom. The lowest BCUT2D eigenvalue weighted by Crippen LogP contribution is -1.96. The molecule has 5 aromatic rings. The van der Waals surface area contributed by atoms with Crippen LogP contribution in [0.2, 0.25) is 0 Å². The standard InChI is InChI=1S/C38H40Br2/c1-3-5-7-9-11-27-13-14-28(12-10-8-6-4-2)36-26-38-34(30-17-21-32(40)22-18-30)24-23-33(37(38)25-35(27)36)29-15-19-31(39)20-16-29/h13-26H,3-12H2,1-2H3. The monoisotopic (exact) mass is 654 g/mol. The molecule has 0 spiro atoms. The molecule has 40 heavy (non-hydrogen) atoms.